The largest absolute Gasteiger partial charge is 0.314 e. The molecule has 1 aromatic carbocycles. The molecule has 1 rings (SSSR count). The van der Waals surface area contributed by atoms with E-state index >= 15 is 0 Å². The molecule has 4 heteroatoms. The summed E-state index contributed by atoms with van der Waals surface area (Å²) in [5.41, 5.74) is 1.35. The second-order valence-electron chi connectivity index (χ2n) is 3.71. The molecule has 0 N–H and O–H groups in total. The van der Waals surface area contributed by atoms with Gasteiger partial charge in [0.1, 0.15) is 0 Å². The fourth-order valence-electron chi connectivity index (χ4n) is 1.57. The van der Waals surface area contributed by atoms with Gasteiger partial charge in [0.15, 0.2) is 0 Å². The van der Waals surface area contributed by atoms with Crippen LogP contribution in [0.3, 0.4) is 0 Å². The van der Waals surface area contributed by atoms with E-state index < -0.39 is 5.09 Å². The first-order valence-corrected chi connectivity index (χ1v) is 5.60. The van der Waals surface area contributed by atoms with E-state index in [0.29, 0.717) is 0 Å². The summed E-state index contributed by atoms with van der Waals surface area (Å²) >= 11 is 0. The van der Waals surface area contributed by atoms with Crippen molar-refractivity contribution in [3.8, 4) is 0 Å². The van der Waals surface area contributed by atoms with Crippen molar-refractivity contribution in [2.24, 2.45) is 0 Å². The highest BCUT2D eigenvalue weighted by molar-refractivity contribution is 5.14. The SMILES string of the molecule is O=[N+]([O-])OCCCCCCc1ccccc1. The topological polar surface area (TPSA) is 52.4 Å². The fourth-order valence-corrected chi connectivity index (χ4v) is 1.57. The third-order valence-electron chi connectivity index (χ3n) is 2.40. The molecule has 0 bridgehead atoms. The zero-order valence-corrected chi connectivity index (χ0v) is 9.30. The number of unbranched alkanes of at least 4 members (excludes halogenated alkanes) is 3. The summed E-state index contributed by atoms with van der Waals surface area (Å²) in [5, 5.41) is 9.12. The second-order valence-corrected chi connectivity index (χ2v) is 3.71. The molecule has 0 fully saturated rings. The number of hydrogen-bond acceptors (Lipinski definition) is 3. The highest BCUT2D eigenvalue weighted by atomic mass is 16.9. The molecule has 0 aliphatic heterocycles. The highest BCUT2D eigenvalue weighted by Crippen LogP contribution is 2.07. The normalized spacial score (nSPS) is 10.0. The molecule has 0 heterocycles. The Labute approximate surface area is 95.3 Å². The van der Waals surface area contributed by atoms with E-state index in [1.807, 2.05) is 18.2 Å². The van der Waals surface area contributed by atoms with E-state index in [2.05, 4.69) is 17.0 Å². The van der Waals surface area contributed by atoms with Crippen molar-refractivity contribution >= 4 is 0 Å². The number of benzene rings is 1. The molecule has 0 aromatic heterocycles. The van der Waals surface area contributed by atoms with Crippen molar-refractivity contribution in [3.05, 3.63) is 46.0 Å². The molecule has 0 saturated carbocycles. The number of nitrogens with zero attached hydrogens (tertiary/aromatic N) is 1. The Morgan fingerprint density at radius 3 is 2.44 bits per heavy atom. The lowest BCUT2D eigenvalue weighted by Gasteiger charge is -2.01. The van der Waals surface area contributed by atoms with Crippen LogP contribution in [0.15, 0.2) is 30.3 Å². The Morgan fingerprint density at radius 2 is 1.75 bits per heavy atom. The lowest BCUT2D eigenvalue weighted by atomic mass is 10.1. The molecule has 4 nitrogen and oxygen atoms in total. The summed E-state index contributed by atoms with van der Waals surface area (Å²) in [6.07, 6.45) is 5.05. The Bertz CT molecular complexity index is 300. The number of rotatable bonds is 8. The molecular formula is C12H17NO3. The summed E-state index contributed by atoms with van der Waals surface area (Å²) in [6.45, 7) is 0.221. The van der Waals surface area contributed by atoms with Gasteiger partial charge < -0.3 is 4.84 Å². The van der Waals surface area contributed by atoms with Crippen LogP contribution in [-0.4, -0.2) is 11.7 Å². The maximum Gasteiger partial charge on any atom is 0.294 e. The van der Waals surface area contributed by atoms with Gasteiger partial charge in [-0.15, -0.1) is 10.1 Å². The minimum atomic E-state index is -0.732. The molecule has 0 aliphatic rings. The summed E-state index contributed by atoms with van der Waals surface area (Å²) in [5.74, 6) is 0. The Balaban J connectivity index is 1.94. The van der Waals surface area contributed by atoms with Gasteiger partial charge in [0, 0.05) is 0 Å². The summed E-state index contributed by atoms with van der Waals surface area (Å²) in [7, 11) is 0. The van der Waals surface area contributed by atoms with E-state index in [1.165, 1.54) is 5.56 Å². The van der Waals surface area contributed by atoms with Gasteiger partial charge in [-0.2, -0.15) is 0 Å². The van der Waals surface area contributed by atoms with E-state index in [0.717, 1.165) is 32.1 Å². The third kappa shape index (κ3) is 6.01. The summed E-state index contributed by atoms with van der Waals surface area (Å²) < 4.78 is 0. The lowest BCUT2D eigenvalue weighted by Crippen LogP contribution is -2.01. The maximum absolute atomic E-state index is 9.86. The molecule has 0 atom stereocenters. The van der Waals surface area contributed by atoms with Gasteiger partial charge in [0.25, 0.3) is 5.09 Å². The molecule has 0 radical (unpaired) electrons. The van der Waals surface area contributed by atoms with Crippen LogP contribution in [0.1, 0.15) is 31.2 Å². The molecule has 0 amide bonds. The zero-order chi connectivity index (χ0) is 11.6. The van der Waals surface area contributed by atoms with Crippen LogP contribution in [0.4, 0.5) is 0 Å². The van der Waals surface area contributed by atoms with Gasteiger partial charge in [-0.25, -0.2) is 0 Å². The van der Waals surface area contributed by atoms with Crippen LogP contribution in [-0.2, 0) is 11.3 Å². The van der Waals surface area contributed by atoms with Gasteiger partial charge in [0.05, 0.1) is 6.61 Å². The summed E-state index contributed by atoms with van der Waals surface area (Å²) in [6, 6.07) is 10.3. The first-order valence-electron chi connectivity index (χ1n) is 5.60. The van der Waals surface area contributed by atoms with E-state index in [9.17, 15) is 10.1 Å². The van der Waals surface area contributed by atoms with Crippen molar-refractivity contribution < 1.29 is 9.92 Å². The first kappa shape index (κ1) is 12.5. The first-order chi connectivity index (χ1) is 7.79. The van der Waals surface area contributed by atoms with Gasteiger partial charge in [-0.05, 0) is 24.8 Å². The molecule has 0 saturated heterocycles. The fraction of sp³-hybridized carbons (Fsp3) is 0.500. The van der Waals surface area contributed by atoms with Crippen molar-refractivity contribution in [3.63, 3.8) is 0 Å². The molecule has 0 spiro atoms. The standard InChI is InChI=1S/C12H17NO3/c14-13(15)16-11-7-2-1-4-8-12-9-5-3-6-10-12/h3,5-6,9-10H,1-2,4,7-8,11H2. The lowest BCUT2D eigenvalue weighted by molar-refractivity contribution is -0.757. The van der Waals surface area contributed by atoms with Gasteiger partial charge in [-0.3, -0.25) is 0 Å². The van der Waals surface area contributed by atoms with Crippen LogP contribution in [0.5, 0.6) is 0 Å². The van der Waals surface area contributed by atoms with Crippen LogP contribution >= 0.6 is 0 Å². The third-order valence-corrected chi connectivity index (χ3v) is 2.40. The second kappa shape index (κ2) is 7.68. The highest BCUT2D eigenvalue weighted by Gasteiger charge is 1.95. The monoisotopic (exact) mass is 223 g/mol. The Hall–Kier alpha value is -1.58. The van der Waals surface area contributed by atoms with E-state index in [-0.39, 0.29) is 6.61 Å². The number of aryl methyl sites for hydroxylation is 1. The number of hydrogen-bond donors (Lipinski definition) is 0. The van der Waals surface area contributed by atoms with Crippen LogP contribution in [0.25, 0.3) is 0 Å². The summed E-state index contributed by atoms with van der Waals surface area (Å²) in [4.78, 5) is 14.1. The average molecular weight is 223 g/mol. The average Bonchev–Trinajstić information content (AvgIpc) is 2.29. The van der Waals surface area contributed by atoms with Gasteiger partial charge in [-0.1, -0.05) is 43.2 Å². The van der Waals surface area contributed by atoms with Crippen molar-refractivity contribution in [1.82, 2.24) is 0 Å². The minimum absolute atomic E-state index is 0.221. The Morgan fingerprint density at radius 1 is 1.06 bits per heavy atom. The Kier molecular flexibility index (Phi) is 5.99. The minimum Gasteiger partial charge on any atom is -0.314 e. The molecular weight excluding hydrogens is 206 g/mol. The van der Waals surface area contributed by atoms with E-state index in [4.69, 9.17) is 0 Å². The van der Waals surface area contributed by atoms with Crippen molar-refractivity contribution in [1.29, 1.82) is 0 Å². The van der Waals surface area contributed by atoms with Crippen LogP contribution in [0.2, 0.25) is 0 Å². The van der Waals surface area contributed by atoms with Crippen LogP contribution < -0.4 is 0 Å². The predicted octanol–water partition coefficient (Wildman–Crippen LogP) is 3.00. The van der Waals surface area contributed by atoms with E-state index in [1.54, 1.807) is 0 Å². The van der Waals surface area contributed by atoms with Crippen molar-refractivity contribution in [2.45, 2.75) is 32.1 Å². The molecule has 0 aliphatic carbocycles. The van der Waals surface area contributed by atoms with Gasteiger partial charge in [0.2, 0.25) is 0 Å². The van der Waals surface area contributed by atoms with Crippen LogP contribution in [0, 0.1) is 10.1 Å². The zero-order valence-electron chi connectivity index (χ0n) is 9.30. The predicted molar refractivity (Wildman–Crippen MR) is 61.6 cm³/mol. The van der Waals surface area contributed by atoms with Crippen molar-refractivity contribution in [2.75, 3.05) is 6.61 Å². The molecule has 0 unspecified atom stereocenters. The molecule has 16 heavy (non-hydrogen) atoms. The molecule has 1 aromatic rings. The van der Waals surface area contributed by atoms with Gasteiger partial charge >= 0.3 is 0 Å². The molecule has 88 valence electrons. The quantitative estimate of drug-likeness (QED) is 0.386. The maximum atomic E-state index is 9.86. The smallest absolute Gasteiger partial charge is 0.294 e.